The molecule has 3 nitrogen and oxygen atoms in total. The second kappa shape index (κ2) is 5.69. The van der Waals surface area contributed by atoms with Crippen LogP contribution in [0.4, 0.5) is 0 Å². The number of rotatable bonds is 5. The van der Waals surface area contributed by atoms with Crippen LogP contribution in [-0.2, 0) is 4.74 Å². The van der Waals surface area contributed by atoms with Gasteiger partial charge < -0.3 is 15.8 Å². The summed E-state index contributed by atoms with van der Waals surface area (Å²) in [5.41, 5.74) is 6.33. The van der Waals surface area contributed by atoms with Crippen LogP contribution in [0.1, 0.15) is 39.0 Å². The third kappa shape index (κ3) is 3.95. The third-order valence-electron chi connectivity index (χ3n) is 3.16. The molecule has 0 bridgehead atoms. The van der Waals surface area contributed by atoms with Crippen molar-refractivity contribution < 1.29 is 4.74 Å². The largest absolute Gasteiger partial charge is 0.380 e. The van der Waals surface area contributed by atoms with E-state index in [1.807, 2.05) is 0 Å². The molecule has 1 aliphatic carbocycles. The summed E-state index contributed by atoms with van der Waals surface area (Å²) in [5, 5.41) is 3.40. The lowest BCUT2D eigenvalue weighted by atomic mass is 9.82. The van der Waals surface area contributed by atoms with Crippen LogP contribution in [0.25, 0.3) is 0 Å². The summed E-state index contributed by atoms with van der Waals surface area (Å²) in [5.74, 6) is 0. The van der Waals surface area contributed by atoms with E-state index in [-0.39, 0.29) is 11.6 Å². The lowest BCUT2D eigenvalue weighted by molar-refractivity contribution is 0.114. The molecule has 0 aliphatic heterocycles. The molecular weight excluding hydrogens is 176 g/mol. The standard InChI is InChI=1S/C11H24N2O/c1-10(14-2)8-13-9-11(12)6-4-3-5-7-11/h10,13H,3-9,12H2,1-2H3. The molecule has 0 saturated heterocycles. The fraction of sp³-hybridized carbons (Fsp3) is 1.00. The van der Waals surface area contributed by atoms with Crippen molar-refractivity contribution in [2.24, 2.45) is 5.73 Å². The lowest BCUT2D eigenvalue weighted by Crippen LogP contribution is -2.51. The van der Waals surface area contributed by atoms with Crippen molar-refractivity contribution in [2.75, 3.05) is 20.2 Å². The molecule has 0 amide bonds. The van der Waals surface area contributed by atoms with Gasteiger partial charge in [-0.25, -0.2) is 0 Å². The van der Waals surface area contributed by atoms with Gasteiger partial charge >= 0.3 is 0 Å². The molecule has 0 heterocycles. The van der Waals surface area contributed by atoms with Crippen LogP contribution in [0.15, 0.2) is 0 Å². The van der Waals surface area contributed by atoms with Gasteiger partial charge in [0.1, 0.15) is 0 Å². The summed E-state index contributed by atoms with van der Waals surface area (Å²) in [6, 6.07) is 0. The molecule has 1 rings (SSSR count). The SMILES string of the molecule is COC(C)CNCC1(N)CCCCC1. The molecular formula is C11H24N2O. The lowest BCUT2D eigenvalue weighted by Gasteiger charge is -2.33. The van der Waals surface area contributed by atoms with E-state index in [1.165, 1.54) is 32.1 Å². The van der Waals surface area contributed by atoms with Gasteiger partial charge in [0.05, 0.1) is 6.10 Å². The maximum atomic E-state index is 6.28. The van der Waals surface area contributed by atoms with Gasteiger partial charge in [-0.05, 0) is 19.8 Å². The Bertz CT molecular complexity index is 155. The van der Waals surface area contributed by atoms with Gasteiger partial charge in [0.15, 0.2) is 0 Å². The van der Waals surface area contributed by atoms with E-state index in [0.717, 1.165) is 13.1 Å². The Kier molecular flexibility index (Phi) is 4.85. The molecule has 84 valence electrons. The van der Waals surface area contributed by atoms with Gasteiger partial charge in [-0.2, -0.15) is 0 Å². The van der Waals surface area contributed by atoms with Crippen LogP contribution >= 0.6 is 0 Å². The Morgan fingerprint density at radius 1 is 1.36 bits per heavy atom. The minimum atomic E-state index is 0.0473. The van der Waals surface area contributed by atoms with Crippen LogP contribution < -0.4 is 11.1 Å². The smallest absolute Gasteiger partial charge is 0.0667 e. The number of nitrogens with one attached hydrogen (secondary N) is 1. The van der Waals surface area contributed by atoms with Crippen molar-refractivity contribution in [3.63, 3.8) is 0 Å². The Morgan fingerprint density at radius 3 is 2.57 bits per heavy atom. The van der Waals surface area contributed by atoms with Crippen molar-refractivity contribution in [3.8, 4) is 0 Å². The van der Waals surface area contributed by atoms with E-state index in [9.17, 15) is 0 Å². The topological polar surface area (TPSA) is 47.3 Å². The third-order valence-corrected chi connectivity index (χ3v) is 3.16. The summed E-state index contributed by atoms with van der Waals surface area (Å²) in [6.07, 6.45) is 6.55. The van der Waals surface area contributed by atoms with E-state index >= 15 is 0 Å². The molecule has 14 heavy (non-hydrogen) atoms. The van der Waals surface area contributed by atoms with Gasteiger partial charge in [-0.15, -0.1) is 0 Å². The van der Waals surface area contributed by atoms with E-state index in [0.29, 0.717) is 0 Å². The highest BCUT2D eigenvalue weighted by molar-refractivity contribution is 4.89. The fourth-order valence-electron chi connectivity index (χ4n) is 2.04. The Labute approximate surface area is 87.4 Å². The maximum Gasteiger partial charge on any atom is 0.0667 e. The Balaban J connectivity index is 2.15. The highest BCUT2D eigenvalue weighted by Gasteiger charge is 2.26. The van der Waals surface area contributed by atoms with Gasteiger partial charge in [0.25, 0.3) is 0 Å². The number of methoxy groups -OCH3 is 1. The first-order valence-corrected chi connectivity index (χ1v) is 5.69. The summed E-state index contributed by atoms with van der Waals surface area (Å²) in [6.45, 7) is 3.90. The summed E-state index contributed by atoms with van der Waals surface area (Å²) in [7, 11) is 1.74. The molecule has 1 aliphatic rings. The summed E-state index contributed by atoms with van der Waals surface area (Å²) >= 11 is 0. The van der Waals surface area contributed by atoms with Crippen LogP contribution in [0.5, 0.6) is 0 Å². The first kappa shape index (κ1) is 12.0. The minimum Gasteiger partial charge on any atom is -0.380 e. The minimum absolute atomic E-state index is 0.0473. The van der Waals surface area contributed by atoms with Crippen LogP contribution in [0.3, 0.4) is 0 Å². The first-order chi connectivity index (χ1) is 6.66. The maximum absolute atomic E-state index is 6.28. The van der Waals surface area contributed by atoms with Crippen molar-refractivity contribution in [1.29, 1.82) is 0 Å². The normalized spacial score (nSPS) is 23.4. The van der Waals surface area contributed by atoms with E-state index < -0.39 is 0 Å². The first-order valence-electron chi connectivity index (χ1n) is 5.69. The fourth-order valence-corrected chi connectivity index (χ4v) is 2.04. The van der Waals surface area contributed by atoms with Gasteiger partial charge in [0, 0.05) is 25.7 Å². The molecule has 0 aromatic carbocycles. The molecule has 1 unspecified atom stereocenters. The zero-order valence-corrected chi connectivity index (χ0v) is 9.51. The summed E-state index contributed by atoms with van der Waals surface area (Å²) < 4.78 is 5.17. The van der Waals surface area contributed by atoms with Crippen molar-refractivity contribution in [1.82, 2.24) is 5.32 Å². The average molecular weight is 200 g/mol. The second-order valence-electron chi connectivity index (χ2n) is 4.60. The highest BCUT2D eigenvalue weighted by Crippen LogP contribution is 2.24. The molecule has 1 atom stereocenters. The molecule has 1 saturated carbocycles. The highest BCUT2D eigenvalue weighted by atomic mass is 16.5. The zero-order chi connectivity index (χ0) is 10.4. The Hall–Kier alpha value is -0.120. The van der Waals surface area contributed by atoms with Gasteiger partial charge in [-0.3, -0.25) is 0 Å². The predicted molar refractivity (Wildman–Crippen MR) is 59.3 cm³/mol. The van der Waals surface area contributed by atoms with Crippen molar-refractivity contribution in [2.45, 2.75) is 50.7 Å². The van der Waals surface area contributed by atoms with E-state index in [4.69, 9.17) is 10.5 Å². The monoisotopic (exact) mass is 200 g/mol. The molecule has 0 radical (unpaired) electrons. The van der Waals surface area contributed by atoms with E-state index in [2.05, 4.69) is 12.2 Å². The quantitative estimate of drug-likeness (QED) is 0.702. The van der Waals surface area contributed by atoms with Crippen LogP contribution in [0, 0.1) is 0 Å². The second-order valence-corrected chi connectivity index (χ2v) is 4.60. The molecule has 1 fully saturated rings. The molecule has 0 aromatic rings. The van der Waals surface area contributed by atoms with Gasteiger partial charge in [0.2, 0.25) is 0 Å². The Morgan fingerprint density at radius 2 is 2.00 bits per heavy atom. The molecule has 3 heteroatoms. The average Bonchev–Trinajstić information content (AvgIpc) is 2.18. The molecule has 0 spiro atoms. The van der Waals surface area contributed by atoms with E-state index in [1.54, 1.807) is 7.11 Å². The van der Waals surface area contributed by atoms with Crippen molar-refractivity contribution >= 4 is 0 Å². The number of ether oxygens (including phenoxy) is 1. The number of nitrogens with two attached hydrogens (primary N) is 1. The zero-order valence-electron chi connectivity index (χ0n) is 9.51. The summed E-state index contributed by atoms with van der Waals surface area (Å²) in [4.78, 5) is 0. The number of hydrogen-bond acceptors (Lipinski definition) is 3. The van der Waals surface area contributed by atoms with Crippen molar-refractivity contribution in [3.05, 3.63) is 0 Å². The number of hydrogen-bond donors (Lipinski definition) is 2. The predicted octanol–water partition coefficient (Wildman–Crippen LogP) is 1.27. The van der Waals surface area contributed by atoms with Gasteiger partial charge in [-0.1, -0.05) is 19.3 Å². The van der Waals surface area contributed by atoms with Crippen LogP contribution in [-0.4, -0.2) is 31.8 Å². The molecule has 0 aromatic heterocycles. The molecule has 3 N–H and O–H groups in total. The van der Waals surface area contributed by atoms with Crippen LogP contribution in [0.2, 0.25) is 0 Å².